The molecule has 3 rings (SSSR count). The largest absolute Gasteiger partial charge is 0.357 e. The van der Waals surface area contributed by atoms with Crippen molar-refractivity contribution in [3.05, 3.63) is 18.3 Å². The van der Waals surface area contributed by atoms with Crippen LogP contribution in [0.4, 0.5) is 11.5 Å². The fourth-order valence-corrected chi connectivity index (χ4v) is 3.61. The summed E-state index contributed by atoms with van der Waals surface area (Å²) in [5.74, 6) is 1.06. The number of carbonyl (C=O) groups is 1. The van der Waals surface area contributed by atoms with E-state index < -0.39 is 0 Å². The Bertz CT molecular complexity index is 512. The molecule has 2 heterocycles. The number of halogens is 2. The first-order valence-corrected chi connectivity index (χ1v) is 8.46. The number of nitrogens with two attached hydrogens (primary N) is 1. The Kier molecular flexibility index (Phi) is 8.27. The molecule has 0 aromatic carbocycles. The van der Waals surface area contributed by atoms with Crippen LogP contribution in [0.25, 0.3) is 0 Å². The maximum Gasteiger partial charge on any atom is 0.231 e. The van der Waals surface area contributed by atoms with Crippen molar-refractivity contribution in [1.82, 2.24) is 4.98 Å². The Balaban J connectivity index is 0.00000144. The molecule has 136 valence electrons. The zero-order valence-electron chi connectivity index (χ0n) is 14.0. The molecule has 0 radical (unpaired) electrons. The Hall–Kier alpha value is -1.04. The molecule has 7 heteroatoms. The van der Waals surface area contributed by atoms with Crippen LogP contribution in [-0.4, -0.2) is 30.5 Å². The van der Waals surface area contributed by atoms with Gasteiger partial charge in [0.25, 0.3) is 0 Å². The van der Waals surface area contributed by atoms with Crippen LogP contribution >= 0.6 is 24.8 Å². The summed E-state index contributed by atoms with van der Waals surface area (Å²) >= 11 is 0. The molecule has 1 aromatic heterocycles. The molecule has 1 saturated heterocycles. The topological polar surface area (TPSA) is 71.2 Å². The molecule has 1 saturated carbocycles. The molecule has 0 atom stereocenters. The number of amides is 1. The molecular formula is C17H28Cl2N4O. The average Bonchev–Trinajstić information content (AvgIpc) is 3.07. The van der Waals surface area contributed by atoms with Crippen LogP contribution in [0.15, 0.2) is 18.3 Å². The first kappa shape index (κ1) is 21.0. The summed E-state index contributed by atoms with van der Waals surface area (Å²) in [6, 6.07) is 3.96. The molecule has 2 fully saturated rings. The maximum atomic E-state index is 12.5. The van der Waals surface area contributed by atoms with Gasteiger partial charge in [0.2, 0.25) is 5.91 Å². The van der Waals surface area contributed by atoms with Gasteiger partial charge in [-0.25, -0.2) is 4.98 Å². The number of hydrogen-bond donors (Lipinski definition) is 2. The Morgan fingerprint density at radius 2 is 1.79 bits per heavy atom. The summed E-state index contributed by atoms with van der Waals surface area (Å²) in [6.45, 7) is 2.59. The van der Waals surface area contributed by atoms with Crippen LogP contribution in [0.1, 0.15) is 44.9 Å². The number of anilines is 2. The van der Waals surface area contributed by atoms with Crippen LogP contribution in [-0.2, 0) is 4.79 Å². The zero-order chi connectivity index (χ0) is 15.4. The highest BCUT2D eigenvalue weighted by atomic mass is 35.5. The third kappa shape index (κ3) is 4.52. The molecule has 24 heavy (non-hydrogen) atoms. The number of pyridine rings is 1. The molecule has 1 aliphatic carbocycles. The first-order chi connectivity index (χ1) is 10.7. The van der Waals surface area contributed by atoms with Gasteiger partial charge < -0.3 is 16.0 Å². The van der Waals surface area contributed by atoms with Crippen molar-refractivity contribution < 1.29 is 4.79 Å². The van der Waals surface area contributed by atoms with Crippen LogP contribution in [0.2, 0.25) is 0 Å². The van der Waals surface area contributed by atoms with E-state index in [-0.39, 0.29) is 36.1 Å². The van der Waals surface area contributed by atoms with Gasteiger partial charge in [0.05, 0.1) is 17.3 Å². The maximum absolute atomic E-state index is 12.5. The van der Waals surface area contributed by atoms with E-state index in [0.717, 1.165) is 50.3 Å². The van der Waals surface area contributed by atoms with Gasteiger partial charge in [-0.1, -0.05) is 12.8 Å². The lowest BCUT2D eigenvalue weighted by atomic mass is 9.85. The van der Waals surface area contributed by atoms with Gasteiger partial charge >= 0.3 is 0 Å². The Labute approximate surface area is 156 Å². The normalized spacial score (nSPS) is 19.1. The summed E-state index contributed by atoms with van der Waals surface area (Å²) in [6.07, 6.45) is 9.53. The van der Waals surface area contributed by atoms with Gasteiger partial charge in [0.1, 0.15) is 5.82 Å². The number of aromatic nitrogens is 1. The molecule has 1 aliphatic heterocycles. The van der Waals surface area contributed by atoms with Crippen LogP contribution in [0.3, 0.4) is 0 Å². The van der Waals surface area contributed by atoms with E-state index in [9.17, 15) is 4.79 Å². The monoisotopic (exact) mass is 374 g/mol. The predicted molar refractivity (Wildman–Crippen MR) is 103 cm³/mol. The van der Waals surface area contributed by atoms with Crippen LogP contribution < -0.4 is 16.0 Å². The Morgan fingerprint density at radius 1 is 1.12 bits per heavy atom. The lowest BCUT2D eigenvalue weighted by Crippen LogP contribution is -2.40. The van der Waals surface area contributed by atoms with Crippen molar-refractivity contribution in [2.75, 3.05) is 29.9 Å². The molecule has 1 amide bonds. The molecular weight excluding hydrogens is 347 g/mol. The van der Waals surface area contributed by atoms with Gasteiger partial charge in [-0.15, -0.1) is 24.8 Å². The molecule has 0 spiro atoms. The van der Waals surface area contributed by atoms with E-state index >= 15 is 0 Å². The number of hydrogen-bond acceptors (Lipinski definition) is 4. The van der Waals surface area contributed by atoms with Gasteiger partial charge in [0.15, 0.2) is 0 Å². The van der Waals surface area contributed by atoms with Crippen molar-refractivity contribution in [1.29, 1.82) is 0 Å². The molecule has 1 aromatic rings. The number of piperidine rings is 1. The fraction of sp³-hybridized carbons (Fsp3) is 0.647. The SMILES string of the molecule is Cl.Cl.NCC1(C(=O)Nc2ccc(N3CCCCC3)nc2)CCCC1. The van der Waals surface area contributed by atoms with Crippen molar-refractivity contribution in [2.45, 2.75) is 44.9 Å². The van der Waals surface area contributed by atoms with E-state index in [4.69, 9.17) is 5.73 Å². The lowest BCUT2D eigenvalue weighted by molar-refractivity contribution is -0.124. The van der Waals surface area contributed by atoms with E-state index in [1.807, 2.05) is 12.1 Å². The van der Waals surface area contributed by atoms with Crippen molar-refractivity contribution >= 4 is 42.2 Å². The number of rotatable bonds is 4. The zero-order valence-corrected chi connectivity index (χ0v) is 15.6. The second-order valence-corrected chi connectivity index (χ2v) is 6.60. The van der Waals surface area contributed by atoms with Crippen LogP contribution in [0, 0.1) is 5.41 Å². The second kappa shape index (κ2) is 9.44. The van der Waals surface area contributed by atoms with Gasteiger partial charge in [-0.05, 0) is 44.2 Å². The number of nitrogens with zero attached hydrogens (tertiary/aromatic N) is 2. The molecule has 5 nitrogen and oxygen atoms in total. The van der Waals surface area contributed by atoms with E-state index in [1.54, 1.807) is 6.20 Å². The third-order valence-corrected chi connectivity index (χ3v) is 5.12. The number of carbonyl (C=O) groups excluding carboxylic acids is 1. The summed E-state index contributed by atoms with van der Waals surface area (Å²) in [5.41, 5.74) is 6.26. The van der Waals surface area contributed by atoms with Gasteiger partial charge in [0, 0.05) is 19.6 Å². The second-order valence-electron chi connectivity index (χ2n) is 6.60. The minimum atomic E-state index is -0.370. The standard InChI is InChI=1S/C17H26N4O.2ClH/c18-13-17(8-2-3-9-17)16(22)20-14-6-7-15(19-12-14)21-10-4-1-5-11-21;;/h6-7,12H,1-5,8-11,13,18H2,(H,20,22);2*1H. The predicted octanol–water partition coefficient (Wildman–Crippen LogP) is 3.37. The average molecular weight is 375 g/mol. The third-order valence-electron chi connectivity index (χ3n) is 5.12. The van der Waals surface area contributed by atoms with Crippen LogP contribution in [0.5, 0.6) is 0 Å². The van der Waals surface area contributed by atoms with E-state index in [0.29, 0.717) is 6.54 Å². The minimum Gasteiger partial charge on any atom is -0.357 e. The van der Waals surface area contributed by atoms with Crippen molar-refractivity contribution in [3.8, 4) is 0 Å². The van der Waals surface area contributed by atoms with Gasteiger partial charge in [-0.3, -0.25) is 4.79 Å². The molecule has 2 aliphatic rings. The molecule has 0 bridgehead atoms. The highest BCUT2D eigenvalue weighted by molar-refractivity contribution is 5.95. The first-order valence-electron chi connectivity index (χ1n) is 8.46. The fourth-order valence-electron chi connectivity index (χ4n) is 3.61. The van der Waals surface area contributed by atoms with Crippen molar-refractivity contribution in [2.24, 2.45) is 11.1 Å². The van der Waals surface area contributed by atoms with E-state index in [1.165, 1.54) is 19.3 Å². The number of nitrogens with one attached hydrogen (secondary N) is 1. The smallest absolute Gasteiger partial charge is 0.231 e. The highest BCUT2D eigenvalue weighted by Gasteiger charge is 2.39. The minimum absolute atomic E-state index is 0. The Morgan fingerprint density at radius 3 is 2.33 bits per heavy atom. The summed E-state index contributed by atoms with van der Waals surface area (Å²) < 4.78 is 0. The van der Waals surface area contributed by atoms with Gasteiger partial charge in [-0.2, -0.15) is 0 Å². The summed E-state index contributed by atoms with van der Waals surface area (Å²) in [7, 11) is 0. The molecule has 0 unspecified atom stereocenters. The van der Waals surface area contributed by atoms with Crippen molar-refractivity contribution in [3.63, 3.8) is 0 Å². The summed E-state index contributed by atoms with van der Waals surface area (Å²) in [5, 5.41) is 3.01. The lowest BCUT2D eigenvalue weighted by Gasteiger charge is -2.28. The highest BCUT2D eigenvalue weighted by Crippen LogP contribution is 2.38. The quantitative estimate of drug-likeness (QED) is 0.847. The summed E-state index contributed by atoms with van der Waals surface area (Å²) in [4.78, 5) is 19.3. The van der Waals surface area contributed by atoms with E-state index in [2.05, 4.69) is 15.2 Å². The molecule has 3 N–H and O–H groups in total.